The zero-order valence-electron chi connectivity index (χ0n) is 14.7. The summed E-state index contributed by atoms with van der Waals surface area (Å²) >= 11 is 0. The Morgan fingerprint density at radius 1 is 1.28 bits per heavy atom. The Labute approximate surface area is 148 Å². The third-order valence-corrected chi connectivity index (χ3v) is 4.61. The molecular weight excluding hydrogens is 316 g/mol. The fraction of sp³-hybridized carbons (Fsp3) is 0.474. The molecule has 134 valence electrons. The number of hydrogen-bond donors (Lipinski definition) is 1. The third-order valence-electron chi connectivity index (χ3n) is 4.61. The second-order valence-corrected chi connectivity index (χ2v) is 6.50. The summed E-state index contributed by atoms with van der Waals surface area (Å²) in [5.74, 6) is 0.0578. The third kappa shape index (κ3) is 5.14. The number of amides is 1. The van der Waals surface area contributed by atoms with Crippen LogP contribution in [0.25, 0.3) is 0 Å². The van der Waals surface area contributed by atoms with E-state index < -0.39 is 0 Å². The maximum Gasteiger partial charge on any atom is 0.222 e. The zero-order chi connectivity index (χ0) is 17.5. The van der Waals surface area contributed by atoms with Gasteiger partial charge in [-0.15, -0.1) is 0 Å². The van der Waals surface area contributed by atoms with E-state index in [1.807, 2.05) is 23.8 Å². The first-order chi connectivity index (χ1) is 12.2. The van der Waals surface area contributed by atoms with E-state index in [-0.39, 0.29) is 11.9 Å². The highest BCUT2D eigenvalue weighted by molar-refractivity contribution is 5.76. The van der Waals surface area contributed by atoms with Gasteiger partial charge >= 0.3 is 0 Å². The van der Waals surface area contributed by atoms with Crippen LogP contribution in [0.1, 0.15) is 30.5 Å². The summed E-state index contributed by atoms with van der Waals surface area (Å²) in [6.45, 7) is 7.01. The summed E-state index contributed by atoms with van der Waals surface area (Å²) in [5.41, 5.74) is 2.45. The smallest absolute Gasteiger partial charge is 0.222 e. The number of ether oxygens (including phenoxy) is 1. The molecule has 1 saturated heterocycles. The van der Waals surface area contributed by atoms with E-state index in [2.05, 4.69) is 33.4 Å². The summed E-state index contributed by atoms with van der Waals surface area (Å²) in [7, 11) is 0. The zero-order valence-corrected chi connectivity index (χ0v) is 14.7. The van der Waals surface area contributed by atoms with E-state index in [0.29, 0.717) is 13.0 Å². The first-order valence-corrected chi connectivity index (χ1v) is 8.83. The van der Waals surface area contributed by atoms with Crippen molar-refractivity contribution in [3.63, 3.8) is 0 Å². The Morgan fingerprint density at radius 2 is 2.04 bits per heavy atom. The van der Waals surface area contributed by atoms with Crippen molar-refractivity contribution in [2.75, 3.05) is 26.3 Å². The van der Waals surface area contributed by atoms with Crippen molar-refractivity contribution in [1.82, 2.24) is 19.8 Å². The van der Waals surface area contributed by atoms with Gasteiger partial charge in [0.05, 0.1) is 19.5 Å². The Bertz CT molecular complexity index is 666. The second kappa shape index (κ2) is 8.78. The fourth-order valence-electron chi connectivity index (χ4n) is 3.05. The average molecular weight is 342 g/mol. The molecule has 1 aliphatic rings. The molecular formula is C19H26N4O2. The minimum absolute atomic E-state index is 0.0578. The lowest BCUT2D eigenvalue weighted by Crippen LogP contribution is -2.36. The lowest BCUT2D eigenvalue weighted by molar-refractivity contribution is -0.121. The molecule has 0 radical (unpaired) electrons. The molecule has 2 heterocycles. The highest BCUT2D eigenvalue weighted by atomic mass is 16.5. The topological polar surface area (TPSA) is 59.4 Å². The Balaban J connectivity index is 1.53. The van der Waals surface area contributed by atoms with Crippen molar-refractivity contribution in [3.05, 3.63) is 54.1 Å². The molecule has 0 bridgehead atoms. The molecule has 1 unspecified atom stereocenters. The number of nitrogens with zero attached hydrogens (tertiary/aromatic N) is 3. The van der Waals surface area contributed by atoms with Crippen LogP contribution in [0, 0.1) is 0 Å². The first-order valence-electron chi connectivity index (χ1n) is 8.83. The lowest BCUT2D eigenvalue weighted by Gasteiger charge is -2.27. The van der Waals surface area contributed by atoms with Gasteiger partial charge in [-0.1, -0.05) is 24.3 Å². The number of aromatic nitrogens is 2. The standard InChI is InChI=1S/C19H26N4O2/c1-16(23-7-6-20-15-23)12-19(24)21-13-17-4-2-3-5-18(17)14-22-8-10-25-11-9-22/h2-7,15-16H,8-14H2,1H3,(H,21,24). The van der Waals surface area contributed by atoms with Gasteiger partial charge in [0.15, 0.2) is 0 Å². The molecule has 3 rings (SSSR count). The molecule has 6 heteroatoms. The molecule has 1 aromatic heterocycles. The van der Waals surface area contributed by atoms with E-state index in [9.17, 15) is 4.79 Å². The minimum atomic E-state index is 0.0578. The number of benzene rings is 1. The van der Waals surface area contributed by atoms with Gasteiger partial charge in [-0.3, -0.25) is 9.69 Å². The Hall–Kier alpha value is -2.18. The molecule has 1 atom stereocenters. The van der Waals surface area contributed by atoms with Crippen molar-refractivity contribution in [2.24, 2.45) is 0 Å². The van der Waals surface area contributed by atoms with E-state index in [1.165, 1.54) is 11.1 Å². The van der Waals surface area contributed by atoms with Gasteiger partial charge in [0, 0.05) is 51.0 Å². The van der Waals surface area contributed by atoms with Crippen molar-refractivity contribution >= 4 is 5.91 Å². The van der Waals surface area contributed by atoms with Gasteiger partial charge in [0.25, 0.3) is 0 Å². The van der Waals surface area contributed by atoms with Crippen LogP contribution in [0.3, 0.4) is 0 Å². The number of nitrogens with one attached hydrogen (secondary N) is 1. The molecule has 1 amide bonds. The van der Waals surface area contributed by atoms with Crippen LogP contribution >= 0.6 is 0 Å². The van der Waals surface area contributed by atoms with Gasteiger partial charge in [-0.2, -0.15) is 0 Å². The van der Waals surface area contributed by atoms with Crippen molar-refractivity contribution in [3.8, 4) is 0 Å². The predicted molar refractivity (Wildman–Crippen MR) is 95.9 cm³/mol. The van der Waals surface area contributed by atoms with Crippen LogP contribution < -0.4 is 5.32 Å². The van der Waals surface area contributed by atoms with Crippen LogP contribution in [-0.2, 0) is 22.6 Å². The van der Waals surface area contributed by atoms with Crippen molar-refractivity contribution in [2.45, 2.75) is 32.5 Å². The first kappa shape index (κ1) is 17.6. The van der Waals surface area contributed by atoms with Crippen molar-refractivity contribution in [1.29, 1.82) is 0 Å². The molecule has 1 aliphatic heterocycles. The molecule has 1 aromatic carbocycles. The van der Waals surface area contributed by atoms with Crippen LogP contribution in [0.5, 0.6) is 0 Å². The molecule has 0 spiro atoms. The van der Waals surface area contributed by atoms with Gasteiger partial charge in [0.1, 0.15) is 0 Å². The lowest BCUT2D eigenvalue weighted by atomic mass is 10.1. The quantitative estimate of drug-likeness (QED) is 0.836. The molecule has 2 aromatic rings. The summed E-state index contributed by atoms with van der Waals surface area (Å²) in [6, 6.07) is 8.42. The van der Waals surface area contributed by atoms with Gasteiger partial charge in [0.2, 0.25) is 5.91 Å². The predicted octanol–water partition coefficient (Wildman–Crippen LogP) is 1.98. The van der Waals surface area contributed by atoms with Crippen LogP contribution in [0.4, 0.5) is 0 Å². The van der Waals surface area contributed by atoms with E-state index >= 15 is 0 Å². The molecule has 25 heavy (non-hydrogen) atoms. The SMILES string of the molecule is CC(CC(=O)NCc1ccccc1CN1CCOCC1)n1ccnc1. The number of imidazole rings is 1. The van der Waals surface area contributed by atoms with Gasteiger partial charge < -0.3 is 14.6 Å². The number of carbonyl (C=O) groups is 1. The largest absolute Gasteiger partial charge is 0.379 e. The maximum absolute atomic E-state index is 12.3. The minimum Gasteiger partial charge on any atom is -0.379 e. The number of rotatable bonds is 7. The maximum atomic E-state index is 12.3. The van der Waals surface area contributed by atoms with Crippen LogP contribution in [0.2, 0.25) is 0 Å². The summed E-state index contributed by atoms with van der Waals surface area (Å²) in [6.07, 6.45) is 5.81. The molecule has 6 nitrogen and oxygen atoms in total. The monoisotopic (exact) mass is 342 g/mol. The summed E-state index contributed by atoms with van der Waals surface area (Å²) in [5, 5.41) is 3.05. The number of morpholine rings is 1. The van der Waals surface area contributed by atoms with E-state index in [4.69, 9.17) is 4.74 Å². The highest BCUT2D eigenvalue weighted by Crippen LogP contribution is 2.14. The fourth-order valence-corrected chi connectivity index (χ4v) is 3.05. The van der Waals surface area contributed by atoms with E-state index in [1.54, 1.807) is 12.5 Å². The second-order valence-electron chi connectivity index (χ2n) is 6.50. The van der Waals surface area contributed by atoms with Crippen molar-refractivity contribution < 1.29 is 9.53 Å². The van der Waals surface area contributed by atoms with Gasteiger partial charge in [-0.05, 0) is 18.1 Å². The van der Waals surface area contributed by atoms with Crippen LogP contribution in [0.15, 0.2) is 43.0 Å². The van der Waals surface area contributed by atoms with Gasteiger partial charge in [-0.25, -0.2) is 4.98 Å². The van der Waals surface area contributed by atoms with Crippen LogP contribution in [-0.4, -0.2) is 46.7 Å². The van der Waals surface area contributed by atoms with E-state index in [0.717, 1.165) is 32.8 Å². The summed E-state index contributed by atoms with van der Waals surface area (Å²) in [4.78, 5) is 18.7. The number of carbonyl (C=O) groups excluding carboxylic acids is 1. The molecule has 1 N–H and O–H groups in total. The molecule has 1 fully saturated rings. The summed E-state index contributed by atoms with van der Waals surface area (Å²) < 4.78 is 7.36. The highest BCUT2D eigenvalue weighted by Gasteiger charge is 2.14. The number of hydrogen-bond acceptors (Lipinski definition) is 4. The molecule has 0 aliphatic carbocycles. The Morgan fingerprint density at radius 3 is 2.76 bits per heavy atom. The molecule has 0 saturated carbocycles. The Kier molecular flexibility index (Phi) is 6.19. The normalized spacial score (nSPS) is 16.5. The average Bonchev–Trinajstić information content (AvgIpc) is 3.17.